The van der Waals surface area contributed by atoms with Gasteiger partial charge in [0.2, 0.25) is 0 Å². The molecule has 3 aromatic rings. The van der Waals surface area contributed by atoms with E-state index < -0.39 is 0 Å². The first kappa shape index (κ1) is 17.8. The van der Waals surface area contributed by atoms with Gasteiger partial charge in [-0.2, -0.15) is 5.10 Å². The number of aromatic nitrogens is 1. The highest BCUT2D eigenvalue weighted by atomic mass is 32.2. The Morgan fingerprint density at radius 3 is 2.81 bits per heavy atom. The van der Waals surface area contributed by atoms with Gasteiger partial charge in [0.15, 0.2) is 17.1 Å². The quantitative estimate of drug-likeness (QED) is 0.390. The minimum Gasteiger partial charge on any atom is -0.493 e. The van der Waals surface area contributed by atoms with E-state index in [1.54, 1.807) is 26.4 Å². The summed E-state index contributed by atoms with van der Waals surface area (Å²) in [6, 6.07) is 12.8. The summed E-state index contributed by atoms with van der Waals surface area (Å²) in [6.45, 7) is 0. The average molecular weight is 371 g/mol. The summed E-state index contributed by atoms with van der Waals surface area (Å²) >= 11 is 1.21. The highest BCUT2D eigenvalue weighted by Gasteiger charge is 2.08. The number of rotatable bonds is 7. The number of hydrazone groups is 1. The number of nitrogens with zero attached hydrogens (tertiary/aromatic N) is 2. The van der Waals surface area contributed by atoms with Crippen LogP contribution in [0.15, 0.2) is 57.2 Å². The van der Waals surface area contributed by atoms with E-state index in [1.165, 1.54) is 18.0 Å². The van der Waals surface area contributed by atoms with Crippen LogP contribution in [0.25, 0.3) is 11.1 Å². The van der Waals surface area contributed by atoms with Gasteiger partial charge in [0.1, 0.15) is 5.52 Å². The van der Waals surface area contributed by atoms with Crippen molar-refractivity contribution in [3.05, 3.63) is 48.0 Å². The van der Waals surface area contributed by atoms with Gasteiger partial charge in [-0.1, -0.05) is 23.9 Å². The Hall–Kier alpha value is -3.00. The predicted octanol–water partition coefficient (Wildman–Crippen LogP) is 3.09. The number of carbonyl (C=O) groups excluding carboxylic acids is 1. The molecule has 0 saturated heterocycles. The zero-order valence-electron chi connectivity index (χ0n) is 14.3. The molecule has 134 valence electrons. The fourth-order valence-electron chi connectivity index (χ4n) is 2.18. The summed E-state index contributed by atoms with van der Waals surface area (Å²) in [7, 11) is 3.13. The van der Waals surface area contributed by atoms with Crippen molar-refractivity contribution in [3.8, 4) is 11.5 Å². The maximum absolute atomic E-state index is 11.9. The van der Waals surface area contributed by atoms with Crippen LogP contribution in [0.5, 0.6) is 11.5 Å². The molecule has 1 amide bonds. The van der Waals surface area contributed by atoms with Crippen molar-refractivity contribution >= 4 is 35.0 Å². The molecule has 0 saturated carbocycles. The molecule has 0 aliphatic heterocycles. The SMILES string of the molecule is COc1ccc(/C=N\NC(=O)CSc2nc3ccccc3o2)cc1OC. The van der Waals surface area contributed by atoms with E-state index in [1.807, 2.05) is 30.3 Å². The number of para-hydroxylation sites is 2. The van der Waals surface area contributed by atoms with Crippen LogP contribution in [0.1, 0.15) is 5.56 Å². The molecule has 1 aromatic heterocycles. The van der Waals surface area contributed by atoms with Crippen molar-refractivity contribution in [1.29, 1.82) is 0 Å². The Bertz CT molecular complexity index is 906. The van der Waals surface area contributed by atoms with Crippen LogP contribution < -0.4 is 14.9 Å². The lowest BCUT2D eigenvalue weighted by Gasteiger charge is -2.07. The van der Waals surface area contributed by atoms with Crippen molar-refractivity contribution in [2.45, 2.75) is 5.22 Å². The van der Waals surface area contributed by atoms with E-state index in [0.29, 0.717) is 22.3 Å². The summed E-state index contributed by atoms with van der Waals surface area (Å²) in [5.41, 5.74) is 4.70. The van der Waals surface area contributed by atoms with Crippen molar-refractivity contribution in [2.24, 2.45) is 5.10 Å². The van der Waals surface area contributed by atoms with Crippen LogP contribution in [-0.2, 0) is 4.79 Å². The number of methoxy groups -OCH3 is 2. The molecule has 1 N–H and O–H groups in total. The normalized spacial score (nSPS) is 11.0. The molecule has 2 aromatic carbocycles. The lowest BCUT2D eigenvalue weighted by molar-refractivity contribution is -0.118. The molecule has 8 heteroatoms. The Morgan fingerprint density at radius 1 is 1.23 bits per heavy atom. The van der Waals surface area contributed by atoms with Gasteiger partial charge in [-0.3, -0.25) is 4.79 Å². The Kier molecular flexibility index (Phi) is 5.75. The van der Waals surface area contributed by atoms with Crippen molar-refractivity contribution in [1.82, 2.24) is 10.4 Å². The molecule has 26 heavy (non-hydrogen) atoms. The second-order valence-corrected chi connectivity index (χ2v) is 6.07. The molecule has 0 spiro atoms. The third kappa shape index (κ3) is 4.34. The van der Waals surface area contributed by atoms with Gasteiger partial charge in [-0.25, -0.2) is 10.4 Å². The Balaban J connectivity index is 1.52. The first-order valence-electron chi connectivity index (χ1n) is 7.72. The van der Waals surface area contributed by atoms with Crippen LogP contribution in [0.4, 0.5) is 0 Å². The van der Waals surface area contributed by atoms with Gasteiger partial charge in [0.05, 0.1) is 26.2 Å². The van der Waals surface area contributed by atoms with E-state index in [9.17, 15) is 4.79 Å². The largest absolute Gasteiger partial charge is 0.493 e. The summed E-state index contributed by atoms with van der Waals surface area (Å²) in [4.78, 5) is 16.2. The first-order valence-corrected chi connectivity index (χ1v) is 8.70. The zero-order chi connectivity index (χ0) is 18.4. The van der Waals surface area contributed by atoms with Gasteiger partial charge < -0.3 is 13.9 Å². The van der Waals surface area contributed by atoms with E-state index in [-0.39, 0.29) is 11.7 Å². The molecule has 0 aliphatic carbocycles. The van der Waals surface area contributed by atoms with Crippen LogP contribution in [-0.4, -0.2) is 37.1 Å². The van der Waals surface area contributed by atoms with E-state index in [0.717, 1.165) is 11.1 Å². The standard InChI is InChI=1S/C18H17N3O4S/c1-23-15-8-7-12(9-16(15)24-2)10-19-21-17(22)11-26-18-20-13-5-3-4-6-14(13)25-18/h3-10H,11H2,1-2H3,(H,21,22)/b19-10-. The van der Waals surface area contributed by atoms with Crippen molar-refractivity contribution in [2.75, 3.05) is 20.0 Å². The molecule has 0 unspecified atom stereocenters. The fourth-order valence-corrected chi connectivity index (χ4v) is 2.82. The average Bonchev–Trinajstić information content (AvgIpc) is 3.09. The summed E-state index contributed by atoms with van der Waals surface area (Å²) in [5, 5.41) is 4.39. The minimum absolute atomic E-state index is 0.149. The second kappa shape index (κ2) is 8.39. The molecule has 0 radical (unpaired) electrons. The van der Waals surface area contributed by atoms with Crippen molar-refractivity contribution < 1.29 is 18.7 Å². The summed E-state index contributed by atoms with van der Waals surface area (Å²) in [6.07, 6.45) is 1.53. The van der Waals surface area contributed by atoms with E-state index >= 15 is 0 Å². The molecule has 0 fully saturated rings. The van der Waals surface area contributed by atoms with Gasteiger partial charge in [-0.05, 0) is 35.9 Å². The minimum atomic E-state index is -0.256. The van der Waals surface area contributed by atoms with E-state index in [2.05, 4.69) is 15.5 Å². The smallest absolute Gasteiger partial charge is 0.257 e. The molecule has 7 nitrogen and oxygen atoms in total. The molecular weight excluding hydrogens is 354 g/mol. The van der Waals surface area contributed by atoms with Gasteiger partial charge in [-0.15, -0.1) is 0 Å². The van der Waals surface area contributed by atoms with Crippen LogP contribution >= 0.6 is 11.8 Å². The number of benzene rings is 2. The van der Waals surface area contributed by atoms with E-state index in [4.69, 9.17) is 13.9 Å². The summed E-state index contributed by atoms with van der Waals surface area (Å²) in [5.74, 6) is 1.11. The zero-order valence-corrected chi connectivity index (χ0v) is 15.1. The van der Waals surface area contributed by atoms with Crippen LogP contribution in [0.2, 0.25) is 0 Å². The van der Waals surface area contributed by atoms with Crippen LogP contribution in [0, 0.1) is 0 Å². The number of hydrogen-bond donors (Lipinski definition) is 1. The first-order chi connectivity index (χ1) is 12.7. The number of fused-ring (bicyclic) bond motifs is 1. The third-order valence-electron chi connectivity index (χ3n) is 3.41. The number of carbonyl (C=O) groups is 1. The fraction of sp³-hybridized carbons (Fsp3) is 0.167. The number of oxazole rings is 1. The topological polar surface area (TPSA) is 86.0 Å². The Morgan fingerprint density at radius 2 is 2.04 bits per heavy atom. The third-order valence-corrected chi connectivity index (χ3v) is 4.24. The van der Waals surface area contributed by atoms with Crippen molar-refractivity contribution in [3.63, 3.8) is 0 Å². The summed E-state index contributed by atoms with van der Waals surface area (Å²) < 4.78 is 15.9. The maximum atomic E-state index is 11.9. The molecule has 1 heterocycles. The second-order valence-electron chi connectivity index (χ2n) is 5.14. The lowest BCUT2D eigenvalue weighted by Crippen LogP contribution is -2.19. The molecule has 0 atom stereocenters. The van der Waals surface area contributed by atoms with Gasteiger partial charge in [0, 0.05) is 0 Å². The molecular formula is C18H17N3O4S. The van der Waals surface area contributed by atoms with Gasteiger partial charge >= 0.3 is 0 Å². The number of nitrogens with one attached hydrogen (secondary N) is 1. The number of thioether (sulfide) groups is 1. The van der Waals surface area contributed by atoms with Crippen LogP contribution in [0.3, 0.4) is 0 Å². The highest BCUT2D eigenvalue weighted by Crippen LogP contribution is 2.27. The molecule has 3 rings (SSSR count). The predicted molar refractivity (Wildman–Crippen MR) is 100 cm³/mol. The molecule has 0 aliphatic rings. The molecule has 0 bridgehead atoms. The number of amides is 1. The van der Waals surface area contributed by atoms with Gasteiger partial charge in [0.25, 0.3) is 11.1 Å². The highest BCUT2D eigenvalue weighted by molar-refractivity contribution is 7.99. The number of hydrogen-bond acceptors (Lipinski definition) is 7. The number of ether oxygens (including phenoxy) is 2. The maximum Gasteiger partial charge on any atom is 0.257 e. The Labute approximate surface area is 154 Å². The lowest BCUT2D eigenvalue weighted by atomic mass is 10.2. The monoisotopic (exact) mass is 371 g/mol.